The Morgan fingerprint density at radius 3 is 2.82 bits per heavy atom. The lowest BCUT2D eigenvalue weighted by Crippen LogP contribution is -2.54. The minimum absolute atomic E-state index is 0.0440. The molecule has 0 N–H and O–H groups in total. The fourth-order valence-corrected chi connectivity index (χ4v) is 4.63. The van der Waals surface area contributed by atoms with Crippen LogP contribution in [0.15, 0.2) is 82.4 Å². The number of nitriles is 2. The first kappa shape index (κ1) is 18.3. The third kappa shape index (κ3) is 3.17. The molecule has 0 amide bonds. The van der Waals surface area contributed by atoms with E-state index in [1.165, 1.54) is 30.4 Å². The smallest absolute Gasteiger partial charge is 0.137 e. The Labute approximate surface area is 166 Å². The zero-order valence-corrected chi connectivity index (χ0v) is 16.1. The van der Waals surface area contributed by atoms with Crippen LogP contribution >= 0.6 is 0 Å². The lowest BCUT2D eigenvalue weighted by atomic mass is 9.72. The van der Waals surface area contributed by atoms with Gasteiger partial charge in [-0.2, -0.15) is 10.5 Å². The summed E-state index contributed by atoms with van der Waals surface area (Å²) in [5, 5.41) is 18.3. The van der Waals surface area contributed by atoms with Gasteiger partial charge >= 0.3 is 0 Å². The topological polar surface area (TPSA) is 60.0 Å². The number of hydrogen-bond donors (Lipinski definition) is 0. The fourth-order valence-electron chi connectivity index (χ4n) is 4.63. The number of ether oxygens (including phenoxy) is 1. The standard InChI is InChI=1S/C24H23N3O/c1-18-14-20(21(16-25)17-26)15-22(28-18)8-7-19-9-13-27-12-5-4-11-24(27)10-3-2-6-23(19)24/h2-3,6-8,10,14-15H,4-5,9,11-13H2,1H3. The second-order valence-corrected chi connectivity index (χ2v) is 7.57. The molecule has 1 fully saturated rings. The van der Waals surface area contributed by atoms with Gasteiger partial charge in [0.25, 0.3) is 0 Å². The van der Waals surface area contributed by atoms with Gasteiger partial charge in [0.15, 0.2) is 0 Å². The predicted molar refractivity (Wildman–Crippen MR) is 108 cm³/mol. The molecule has 1 saturated heterocycles. The van der Waals surface area contributed by atoms with E-state index in [4.69, 9.17) is 15.3 Å². The van der Waals surface area contributed by atoms with Gasteiger partial charge in [-0.15, -0.1) is 0 Å². The highest BCUT2D eigenvalue weighted by Crippen LogP contribution is 2.44. The number of allylic oxidation sites excluding steroid dienone is 9. The summed E-state index contributed by atoms with van der Waals surface area (Å²) in [5.74, 6) is 1.33. The van der Waals surface area contributed by atoms with Crippen LogP contribution in [0.5, 0.6) is 0 Å². The van der Waals surface area contributed by atoms with Gasteiger partial charge in [0.05, 0.1) is 5.54 Å². The molecule has 1 aliphatic carbocycles. The number of rotatable bonds is 2. The molecule has 0 aromatic rings. The van der Waals surface area contributed by atoms with E-state index in [-0.39, 0.29) is 11.1 Å². The van der Waals surface area contributed by atoms with Crippen molar-refractivity contribution in [2.45, 2.75) is 38.1 Å². The Hall–Kier alpha value is -3.08. The average Bonchev–Trinajstić information content (AvgIpc) is 2.71. The largest absolute Gasteiger partial charge is 0.462 e. The molecule has 4 rings (SSSR count). The van der Waals surface area contributed by atoms with Crippen LogP contribution in [0.1, 0.15) is 32.6 Å². The van der Waals surface area contributed by atoms with E-state index >= 15 is 0 Å². The fraction of sp³-hybridized carbons (Fsp3) is 0.333. The van der Waals surface area contributed by atoms with Gasteiger partial charge in [-0.25, -0.2) is 0 Å². The summed E-state index contributed by atoms with van der Waals surface area (Å²) in [4.78, 5) is 2.62. The van der Waals surface area contributed by atoms with Crippen LogP contribution in [0, 0.1) is 22.7 Å². The van der Waals surface area contributed by atoms with Crippen LogP contribution in [0.4, 0.5) is 0 Å². The summed E-state index contributed by atoms with van der Waals surface area (Å²) in [6.07, 6.45) is 21.2. The molecule has 3 aliphatic heterocycles. The molecule has 1 unspecified atom stereocenters. The molecular weight excluding hydrogens is 346 g/mol. The lowest BCUT2D eigenvalue weighted by Gasteiger charge is -2.51. The molecule has 3 heterocycles. The summed E-state index contributed by atoms with van der Waals surface area (Å²) in [6.45, 7) is 4.06. The monoisotopic (exact) mass is 369 g/mol. The van der Waals surface area contributed by atoms with Crippen molar-refractivity contribution in [1.29, 1.82) is 10.5 Å². The van der Waals surface area contributed by atoms with Crippen LogP contribution < -0.4 is 0 Å². The molecule has 0 radical (unpaired) electrons. The second-order valence-electron chi connectivity index (χ2n) is 7.57. The summed E-state index contributed by atoms with van der Waals surface area (Å²) >= 11 is 0. The molecule has 1 spiro atoms. The molecular formula is C24H23N3O. The maximum Gasteiger partial charge on any atom is 0.137 e. The Morgan fingerprint density at radius 2 is 2.00 bits per heavy atom. The Morgan fingerprint density at radius 1 is 1.14 bits per heavy atom. The number of nitrogens with zero attached hydrogens (tertiary/aromatic N) is 3. The van der Waals surface area contributed by atoms with Gasteiger partial charge in [0.1, 0.15) is 29.2 Å². The minimum Gasteiger partial charge on any atom is -0.462 e. The van der Waals surface area contributed by atoms with E-state index in [1.807, 2.05) is 25.1 Å². The van der Waals surface area contributed by atoms with E-state index in [9.17, 15) is 0 Å². The van der Waals surface area contributed by atoms with Crippen LogP contribution in [-0.4, -0.2) is 23.5 Å². The minimum atomic E-state index is 0.0440. The Balaban J connectivity index is 1.68. The highest BCUT2D eigenvalue weighted by molar-refractivity contribution is 5.54. The third-order valence-corrected chi connectivity index (χ3v) is 5.91. The lowest BCUT2D eigenvalue weighted by molar-refractivity contribution is 0.107. The first-order valence-corrected chi connectivity index (χ1v) is 9.81. The predicted octanol–water partition coefficient (Wildman–Crippen LogP) is 4.76. The van der Waals surface area contributed by atoms with Crippen LogP contribution in [0.25, 0.3) is 0 Å². The van der Waals surface area contributed by atoms with Crippen molar-refractivity contribution in [3.8, 4) is 12.1 Å². The van der Waals surface area contributed by atoms with Crippen molar-refractivity contribution >= 4 is 0 Å². The Kier molecular flexibility index (Phi) is 4.90. The SMILES string of the molecule is CC1=CC(=C(C#N)C#N)C=C(C=CC2=C3C=CC=CC34CCCCN4CC2)O1. The quantitative estimate of drug-likeness (QED) is 0.659. The van der Waals surface area contributed by atoms with Gasteiger partial charge in [-0.05, 0) is 68.5 Å². The van der Waals surface area contributed by atoms with E-state index in [2.05, 4.69) is 35.3 Å². The van der Waals surface area contributed by atoms with Crippen LogP contribution in [-0.2, 0) is 4.74 Å². The summed E-state index contributed by atoms with van der Waals surface area (Å²) in [7, 11) is 0. The molecule has 4 aliphatic rings. The van der Waals surface area contributed by atoms with Crippen molar-refractivity contribution in [2.75, 3.05) is 13.1 Å². The summed E-state index contributed by atoms with van der Waals surface area (Å²) < 4.78 is 5.81. The molecule has 140 valence electrons. The molecule has 0 bridgehead atoms. The van der Waals surface area contributed by atoms with Gasteiger partial charge < -0.3 is 4.74 Å². The summed E-state index contributed by atoms with van der Waals surface area (Å²) in [6, 6.07) is 3.91. The van der Waals surface area contributed by atoms with E-state index < -0.39 is 0 Å². The van der Waals surface area contributed by atoms with E-state index in [0.717, 1.165) is 19.5 Å². The Bertz CT molecular complexity index is 972. The average molecular weight is 369 g/mol. The third-order valence-electron chi connectivity index (χ3n) is 5.91. The first-order valence-electron chi connectivity index (χ1n) is 9.81. The normalized spacial score (nSPS) is 26.6. The molecule has 4 heteroatoms. The van der Waals surface area contributed by atoms with Crippen molar-refractivity contribution < 1.29 is 4.74 Å². The maximum absolute atomic E-state index is 9.15. The molecule has 1 atom stereocenters. The van der Waals surface area contributed by atoms with E-state index in [0.29, 0.717) is 17.1 Å². The van der Waals surface area contributed by atoms with Crippen molar-refractivity contribution in [3.05, 3.63) is 82.4 Å². The first-order chi connectivity index (χ1) is 13.7. The molecule has 0 aromatic heterocycles. The zero-order valence-electron chi connectivity index (χ0n) is 16.1. The van der Waals surface area contributed by atoms with E-state index in [1.54, 1.807) is 12.2 Å². The molecule has 0 aromatic carbocycles. The van der Waals surface area contributed by atoms with Crippen molar-refractivity contribution in [1.82, 2.24) is 4.90 Å². The molecule has 0 saturated carbocycles. The zero-order chi connectivity index (χ0) is 19.6. The second kappa shape index (κ2) is 7.50. The number of hydrogen-bond acceptors (Lipinski definition) is 4. The molecule has 4 nitrogen and oxygen atoms in total. The highest BCUT2D eigenvalue weighted by Gasteiger charge is 2.42. The highest BCUT2D eigenvalue weighted by atomic mass is 16.5. The van der Waals surface area contributed by atoms with Gasteiger partial charge in [-0.3, -0.25) is 4.90 Å². The maximum atomic E-state index is 9.15. The number of piperidine rings is 1. The van der Waals surface area contributed by atoms with Crippen molar-refractivity contribution in [3.63, 3.8) is 0 Å². The van der Waals surface area contributed by atoms with Gasteiger partial charge in [-0.1, -0.05) is 30.4 Å². The van der Waals surface area contributed by atoms with Crippen LogP contribution in [0.2, 0.25) is 0 Å². The van der Waals surface area contributed by atoms with Gasteiger partial charge in [0, 0.05) is 12.1 Å². The van der Waals surface area contributed by atoms with Gasteiger partial charge in [0.2, 0.25) is 0 Å². The van der Waals surface area contributed by atoms with Crippen molar-refractivity contribution in [2.24, 2.45) is 0 Å². The summed E-state index contributed by atoms with van der Waals surface area (Å²) in [5.41, 5.74) is 3.48. The van der Waals surface area contributed by atoms with Crippen LogP contribution in [0.3, 0.4) is 0 Å². The molecule has 28 heavy (non-hydrogen) atoms.